The average molecular weight is 263 g/mol. The molecule has 1 aromatic carbocycles. The Morgan fingerprint density at radius 2 is 2.05 bits per heavy atom. The summed E-state index contributed by atoms with van der Waals surface area (Å²) in [4.78, 5) is 11.6. The standard InChI is InChI=1S/C12H7F2N3O2/c13-8-2-1-7(5-9(8)14)17-12(19)6-11(18)10(16-17)3-4-15/h1-2,5-6,18H,3H2. The fraction of sp³-hybridized carbons (Fsp3) is 0.0833. The predicted octanol–water partition coefficient (Wildman–Crippen LogP) is 1.28. The van der Waals surface area contributed by atoms with Crippen molar-refractivity contribution in [1.82, 2.24) is 9.78 Å². The second-order valence-electron chi connectivity index (χ2n) is 3.66. The molecule has 7 heteroatoms. The Hall–Kier alpha value is -2.75. The van der Waals surface area contributed by atoms with Gasteiger partial charge in [0.25, 0.3) is 5.56 Å². The van der Waals surface area contributed by atoms with Crippen LogP contribution in [0.1, 0.15) is 5.69 Å². The van der Waals surface area contributed by atoms with Gasteiger partial charge in [0.2, 0.25) is 0 Å². The quantitative estimate of drug-likeness (QED) is 0.885. The minimum Gasteiger partial charge on any atom is -0.506 e. The first-order valence-corrected chi connectivity index (χ1v) is 5.17. The van der Waals surface area contributed by atoms with Gasteiger partial charge < -0.3 is 5.11 Å². The van der Waals surface area contributed by atoms with Crippen LogP contribution in [0.2, 0.25) is 0 Å². The maximum absolute atomic E-state index is 13.1. The number of hydrogen-bond donors (Lipinski definition) is 1. The summed E-state index contributed by atoms with van der Waals surface area (Å²) >= 11 is 0. The van der Waals surface area contributed by atoms with Crippen molar-refractivity contribution in [3.63, 3.8) is 0 Å². The monoisotopic (exact) mass is 263 g/mol. The summed E-state index contributed by atoms with van der Waals surface area (Å²) in [5, 5.41) is 21.7. The van der Waals surface area contributed by atoms with Crippen molar-refractivity contribution < 1.29 is 13.9 Å². The van der Waals surface area contributed by atoms with E-state index in [-0.39, 0.29) is 17.8 Å². The summed E-state index contributed by atoms with van der Waals surface area (Å²) in [6, 6.07) is 5.46. The van der Waals surface area contributed by atoms with E-state index in [1.165, 1.54) is 6.07 Å². The second kappa shape index (κ2) is 4.86. The third kappa shape index (κ3) is 2.42. The van der Waals surface area contributed by atoms with E-state index >= 15 is 0 Å². The molecule has 0 aliphatic carbocycles. The molecule has 0 bridgehead atoms. The minimum atomic E-state index is -1.12. The summed E-state index contributed by atoms with van der Waals surface area (Å²) in [6.07, 6.45) is -0.213. The lowest BCUT2D eigenvalue weighted by Gasteiger charge is -2.07. The highest BCUT2D eigenvalue weighted by Crippen LogP contribution is 2.14. The first-order chi connectivity index (χ1) is 9.02. The molecule has 0 aliphatic heterocycles. The molecule has 0 aliphatic rings. The molecule has 1 aromatic heterocycles. The van der Waals surface area contributed by atoms with Crippen LogP contribution in [0, 0.1) is 23.0 Å². The first kappa shape index (κ1) is 12.7. The van der Waals surface area contributed by atoms with E-state index in [9.17, 15) is 18.7 Å². The van der Waals surface area contributed by atoms with Gasteiger partial charge in [0, 0.05) is 12.1 Å². The molecule has 0 spiro atoms. The van der Waals surface area contributed by atoms with E-state index in [4.69, 9.17) is 5.26 Å². The summed E-state index contributed by atoms with van der Waals surface area (Å²) in [5.41, 5.74) is -0.736. The molecule has 0 saturated heterocycles. The molecule has 5 nitrogen and oxygen atoms in total. The zero-order valence-electron chi connectivity index (χ0n) is 9.47. The normalized spacial score (nSPS) is 10.2. The number of rotatable bonds is 2. The van der Waals surface area contributed by atoms with Gasteiger partial charge in [-0.2, -0.15) is 15.0 Å². The van der Waals surface area contributed by atoms with E-state index < -0.39 is 22.9 Å². The molecule has 0 fully saturated rings. The van der Waals surface area contributed by atoms with Crippen molar-refractivity contribution in [1.29, 1.82) is 5.26 Å². The fourth-order valence-electron chi connectivity index (χ4n) is 1.49. The molecule has 2 aromatic rings. The molecule has 0 saturated carbocycles. The number of aromatic nitrogens is 2. The van der Waals surface area contributed by atoms with Crippen molar-refractivity contribution in [2.45, 2.75) is 6.42 Å². The Kier molecular flexibility index (Phi) is 3.25. The van der Waals surface area contributed by atoms with Crippen molar-refractivity contribution in [3.8, 4) is 17.5 Å². The van der Waals surface area contributed by atoms with Gasteiger partial charge in [-0.05, 0) is 12.1 Å². The van der Waals surface area contributed by atoms with E-state index in [1.807, 2.05) is 0 Å². The van der Waals surface area contributed by atoms with Gasteiger partial charge in [-0.25, -0.2) is 8.78 Å². The molecule has 0 unspecified atom stereocenters. The molecular weight excluding hydrogens is 256 g/mol. The highest BCUT2D eigenvalue weighted by atomic mass is 19.2. The van der Waals surface area contributed by atoms with Crippen LogP contribution in [0.25, 0.3) is 5.69 Å². The number of nitriles is 1. The number of hydrogen-bond acceptors (Lipinski definition) is 4. The average Bonchev–Trinajstić information content (AvgIpc) is 2.36. The second-order valence-corrected chi connectivity index (χ2v) is 3.66. The Labute approximate surface area is 106 Å². The summed E-state index contributed by atoms with van der Waals surface area (Å²) in [7, 11) is 0. The van der Waals surface area contributed by atoms with Crippen LogP contribution in [-0.2, 0) is 6.42 Å². The summed E-state index contributed by atoms with van der Waals surface area (Å²) in [6.45, 7) is 0. The topological polar surface area (TPSA) is 78.9 Å². The third-order valence-corrected chi connectivity index (χ3v) is 2.38. The first-order valence-electron chi connectivity index (χ1n) is 5.17. The third-order valence-electron chi connectivity index (χ3n) is 2.38. The molecule has 2 rings (SSSR count). The van der Waals surface area contributed by atoms with Crippen LogP contribution in [0.4, 0.5) is 8.78 Å². The van der Waals surface area contributed by atoms with E-state index in [0.717, 1.165) is 22.9 Å². The maximum Gasteiger partial charge on any atom is 0.275 e. The highest BCUT2D eigenvalue weighted by Gasteiger charge is 2.11. The maximum atomic E-state index is 13.1. The lowest BCUT2D eigenvalue weighted by atomic mass is 10.2. The van der Waals surface area contributed by atoms with Gasteiger partial charge in [0.05, 0.1) is 18.2 Å². The van der Waals surface area contributed by atoms with Gasteiger partial charge >= 0.3 is 0 Å². The van der Waals surface area contributed by atoms with Gasteiger partial charge in [-0.1, -0.05) is 0 Å². The Morgan fingerprint density at radius 3 is 2.68 bits per heavy atom. The molecule has 19 heavy (non-hydrogen) atoms. The molecule has 0 atom stereocenters. The number of nitrogens with zero attached hydrogens (tertiary/aromatic N) is 3. The van der Waals surface area contributed by atoms with Crippen LogP contribution >= 0.6 is 0 Å². The van der Waals surface area contributed by atoms with Crippen molar-refractivity contribution in [3.05, 3.63) is 51.9 Å². The van der Waals surface area contributed by atoms with E-state index in [1.54, 1.807) is 6.07 Å². The zero-order valence-corrected chi connectivity index (χ0v) is 9.47. The summed E-state index contributed by atoms with van der Waals surface area (Å²) in [5.74, 6) is -2.58. The smallest absolute Gasteiger partial charge is 0.275 e. The largest absolute Gasteiger partial charge is 0.506 e. The molecule has 1 heterocycles. The van der Waals surface area contributed by atoms with Crippen LogP contribution in [-0.4, -0.2) is 14.9 Å². The van der Waals surface area contributed by atoms with Gasteiger partial charge in [-0.15, -0.1) is 0 Å². The van der Waals surface area contributed by atoms with Crippen LogP contribution in [0.15, 0.2) is 29.1 Å². The molecule has 96 valence electrons. The lowest BCUT2D eigenvalue weighted by Crippen LogP contribution is -2.21. The molecular formula is C12H7F2N3O2. The Balaban J connectivity index is 2.61. The van der Waals surface area contributed by atoms with Crippen molar-refractivity contribution in [2.24, 2.45) is 0 Å². The number of benzene rings is 1. The number of halogens is 2. The Morgan fingerprint density at radius 1 is 1.32 bits per heavy atom. The van der Waals surface area contributed by atoms with Crippen LogP contribution in [0.3, 0.4) is 0 Å². The van der Waals surface area contributed by atoms with Crippen molar-refractivity contribution >= 4 is 0 Å². The van der Waals surface area contributed by atoms with Crippen LogP contribution < -0.4 is 5.56 Å². The van der Waals surface area contributed by atoms with Gasteiger partial charge in [-0.3, -0.25) is 4.79 Å². The molecule has 1 N–H and O–H groups in total. The summed E-state index contributed by atoms with van der Waals surface area (Å²) < 4.78 is 26.7. The Bertz CT molecular complexity index is 735. The fourth-order valence-corrected chi connectivity index (χ4v) is 1.49. The highest BCUT2D eigenvalue weighted by molar-refractivity contribution is 5.34. The molecule has 0 amide bonds. The predicted molar refractivity (Wildman–Crippen MR) is 60.7 cm³/mol. The van der Waals surface area contributed by atoms with E-state index in [2.05, 4.69) is 5.10 Å². The van der Waals surface area contributed by atoms with Gasteiger partial charge in [0.15, 0.2) is 11.6 Å². The molecule has 0 radical (unpaired) electrons. The number of aromatic hydroxyl groups is 1. The van der Waals surface area contributed by atoms with Crippen molar-refractivity contribution in [2.75, 3.05) is 0 Å². The van der Waals surface area contributed by atoms with E-state index in [0.29, 0.717) is 0 Å². The van der Waals surface area contributed by atoms with Crippen LogP contribution in [0.5, 0.6) is 5.75 Å². The zero-order chi connectivity index (χ0) is 14.0. The minimum absolute atomic E-state index is 0.00286. The lowest BCUT2D eigenvalue weighted by molar-refractivity contribution is 0.459. The SMILES string of the molecule is N#CCc1nn(-c2ccc(F)c(F)c2)c(=O)cc1O. The van der Waals surface area contributed by atoms with Gasteiger partial charge in [0.1, 0.15) is 11.4 Å².